The largest absolute Gasteiger partial charge is 0.506 e. The predicted molar refractivity (Wildman–Crippen MR) is 108 cm³/mol. The molecule has 1 heterocycles. The molecule has 0 aromatic heterocycles. The van der Waals surface area contributed by atoms with E-state index in [0.717, 1.165) is 31.9 Å². The van der Waals surface area contributed by atoms with Crippen molar-refractivity contribution in [1.82, 2.24) is 4.90 Å². The number of rotatable bonds is 5. The van der Waals surface area contributed by atoms with Gasteiger partial charge in [0.1, 0.15) is 11.5 Å². The third kappa shape index (κ3) is 4.46. The number of aromatic hydroxyl groups is 1. The summed E-state index contributed by atoms with van der Waals surface area (Å²) in [6, 6.07) is 12.2. The molecule has 2 aromatic rings. The van der Waals surface area contributed by atoms with Gasteiger partial charge in [-0.1, -0.05) is 23.7 Å². The van der Waals surface area contributed by atoms with Crippen molar-refractivity contribution in [3.63, 3.8) is 0 Å². The molecule has 2 aromatic carbocycles. The van der Waals surface area contributed by atoms with Crippen LogP contribution in [0.3, 0.4) is 0 Å². The van der Waals surface area contributed by atoms with Gasteiger partial charge in [0.2, 0.25) is 5.91 Å². The number of anilines is 2. The summed E-state index contributed by atoms with van der Waals surface area (Å²) in [5.41, 5.74) is 1.40. The lowest BCUT2D eigenvalue weighted by molar-refractivity contribution is -0.120. The Balaban J connectivity index is 1.61. The van der Waals surface area contributed by atoms with Gasteiger partial charge in [0.15, 0.2) is 0 Å². The van der Waals surface area contributed by atoms with Crippen molar-refractivity contribution in [2.24, 2.45) is 0 Å². The van der Waals surface area contributed by atoms with Crippen molar-refractivity contribution < 1.29 is 14.6 Å². The molecule has 2 N–H and O–H groups in total. The molecule has 7 heteroatoms. The van der Waals surface area contributed by atoms with Crippen molar-refractivity contribution in [2.45, 2.75) is 13.0 Å². The summed E-state index contributed by atoms with van der Waals surface area (Å²) in [5.74, 6) is 0.751. The number of phenols is 1. The highest BCUT2D eigenvalue weighted by molar-refractivity contribution is 6.31. The van der Waals surface area contributed by atoms with Gasteiger partial charge in [-0.3, -0.25) is 9.69 Å². The molecule has 1 aliphatic heterocycles. The zero-order chi connectivity index (χ0) is 19.4. The lowest BCUT2D eigenvalue weighted by Gasteiger charge is -2.38. The first-order chi connectivity index (χ1) is 13.0. The van der Waals surface area contributed by atoms with Crippen LogP contribution in [-0.2, 0) is 4.79 Å². The summed E-state index contributed by atoms with van der Waals surface area (Å²) in [7, 11) is 1.56. The van der Waals surface area contributed by atoms with Crippen LogP contribution in [0, 0.1) is 0 Å². The van der Waals surface area contributed by atoms with Crippen LogP contribution in [-0.4, -0.2) is 55.2 Å². The monoisotopic (exact) mass is 389 g/mol. The number of halogens is 1. The molecule has 1 aliphatic rings. The molecule has 0 unspecified atom stereocenters. The Morgan fingerprint density at radius 1 is 1.19 bits per heavy atom. The Bertz CT molecular complexity index is 807. The van der Waals surface area contributed by atoms with Crippen molar-refractivity contribution in [2.75, 3.05) is 43.5 Å². The van der Waals surface area contributed by atoms with Crippen LogP contribution < -0.4 is 15.0 Å². The van der Waals surface area contributed by atoms with Gasteiger partial charge in [-0.15, -0.1) is 0 Å². The molecule has 1 saturated heterocycles. The van der Waals surface area contributed by atoms with Crippen LogP contribution in [0.25, 0.3) is 0 Å². The van der Waals surface area contributed by atoms with Crippen LogP contribution in [0.1, 0.15) is 6.92 Å². The van der Waals surface area contributed by atoms with Gasteiger partial charge in [-0.25, -0.2) is 0 Å². The van der Waals surface area contributed by atoms with Crippen LogP contribution in [0.5, 0.6) is 11.5 Å². The molecule has 0 aliphatic carbocycles. The molecule has 1 amide bonds. The minimum absolute atomic E-state index is 0.105. The summed E-state index contributed by atoms with van der Waals surface area (Å²) >= 11 is 6.03. The normalized spacial score (nSPS) is 16.0. The van der Waals surface area contributed by atoms with Gasteiger partial charge in [-0.2, -0.15) is 0 Å². The fourth-order valence-corrected chi connectivity index (χ4v) is 3.43. The molecular weight excluding hydrogens is 366 g/mol. The second kappa shape index (κ2) is 8.50. The Hall–Kier alpha value is -2.44. The van der Waals surface area contributed by atoms with E-state index >= 15 is 0 Å². The number of ether oxygens (including phenoxy) is 1. The first kappa shape index (κ1) is 19.3. The summed E-state index contributed by atoms with van der Waals surface area (Å²) in [4.78, 5) is 17.0. The first-order valence-electron chi connectivity index (χ1n) is 8.91. The van der Waals surface area contributed by atoms with Gasteiger partial charge in [0.05, 0.1) is 24.5 Å². The van der Waals surface area contributed by atoms with E-state index in [1.807, 2.05) is 25.1 Å². The van der Waals surface area contributed by atoms with E-state index in [1.165, 1.54) is 0 Å². The molecular formula is C20H24ClN3O3. The minimum Gasteiger partial charge on any atom is -0.506 e. The Morgan fingerprint density at radius 2 is 1.89 bits per heavy atom. The number of carbonyl (C=O) groups is 1. The number of hydrogen-bond donors (Lipinski definition) is 2. The van der Waals surface area contributed by atoms with Crippen molar-refractivity contribution in [1.29, 1.82) is 0 Å². The Morgan fingerprint density at radius 3 is 2.56 bits per heavy atom. The number of amides is 1. The van der Waals surface area contributed by atoms with Gasteiger partial charge in [0.25, 0.3) is 0 Å². The van der Waals surface area contributed by atoms with Crippen LogP contribution in [0.4, 0.5) is 11.4 Å². The maximum atomic E-state index is 12.7. The molecule has 0 saturated carbocycles. The fraction of sp³-hybridized carbons (Fsp3) is 0.350. The average Bonchev–Trinajstić information content (AvgIpc) is 2.68. The SMILES string of the molecule is COc1ccc(Cl)cc1NC(=O)[C@@H](C)N1CCN(c2ccccc2O)CC1. The Kier molecular flexibility index (Phi) is 6.08. The number of para-hydroxylation sites is 2. The van der Waals surface area contributed by atoms with Crippen molar-refractivity contribution >= 4 is 28.9 Å². The highest BCUT2D eigenvalue weighted by atomic mass is 35.5. The summed E-state index contributed by atoms with van der Waals surface area (Å²) in [5, 5.41) is 13.5. The van der Waals surface area contributed by atoms with E-state index in [2.05, 4.69) is 15.1 Å². The number of nitrogens with zero attached hydrogens (tertiary/aromatic N) is 2. The van der Waals surface area contributed by atoms with E-state index in [1.54, 1.807) is 31.4 Å². The lowest BCUT2D eigenvalue weighted by atomic mass is 10.2. The maximum absolute atomic E-state index is 12.7. The number of nitrogens with one attached hydrogen (secondary N) is 1. The zero-order valence-electron chi connectivity index (χ0n) is 15.5. The molecule has 1 atom stereocenters. The van der Waals surface area contributed by atoms with E-state index < -0.39 is 0 Å². The lowest BCUT2D eigenvalue weighted by Crippen LogP contribution is -2.52. The predicted octanol–water partition coefficient (Wildman–Crippen LogP) is 3.20. The number of benzene rings is 2. The van der Waals surface area contributed by atoms with E-state index in [0.29, 0.717) is 16.5 Å². The average molecular weight is 390 g/mol. The summed E-state index contributed by atoms with van der Waals surface area (Å²) in [6.45, 7) is 4.85. The molecule has 0 spiro atoms. The summed E-state index contributed by atoms with van der Waals surface area (Å²) < 4.78 is 5.28. The van der Waals surface area contributed by atoms with E-state index in [4.69, 9.17) is 16.3 Å². The third-order valence-corrected chi connectivity index (χ3v) is 5.12. The molecule has 27 heavy (non-hydrogen) atoms. The quantitative estimate of drug-likeness (QED) is 0.822. The number of piperazine rings is 1. The number of carbonyl (C=O) groups excluding carboxylic acids is 1. The first-order valence-corrected chi connectivity index (χ1v) is 9.29. The highest BCUT2D eigenvalue weighted by Crippen LogP contribution is 2.29. The molecule has 1 fully saturated rings. The number of hydrogen-bond acceptors (Lipinski definition) is 5. The zero-order valence-corrected chi connectivity index (χ0v) is 16.2. The maximum Gasteiger partial charge on any atom is 0.241 e. The molecule has 144 valence electrons. The van der Waals surface area contributed by atoms with Gasteiger partial charge >= 0.3 is 0 Å². The van der Waals surface area contributed by atoms with Gasteiger partial charge in [0, 0.05) is 31.2 Å². The molecule has 0 bridgehead atoms. The van der Waals surface area contributed by atoms with Crippen molar-refractivity contribution in [3.8, 4) is 11.5 Å². The van der Waals surface area contributed by atoms with Crippen LogP contribution in [0.2, 0.25) is 5.02 Å². The Labute approximate surface area is 164 Å². The summed E-state index contributed by atoms with van der Waals surface area (Å²) in [6.07, 6.45) is 0. The number of methoxy groups -OCH3 is 1. The third-order valence-electron chi connectivity index (χ3n) is 4.88. The van der Waals surface area contributed by atoms with Crippen LogP contribution in [0.15, 0.2) is 42.5 Å². The fourth-order valence-electron chi connectivity index (χ4n) is 3.26. The van der Waals surface area contributed by atoms with Crippen molar-refractivity contribution in [3.05, 3.63) is 47.5 Å². The number of phenolic OH excluding ortho intramolecular Hbond substituents is 1. The minimum atomic E-state index is -0.291. The topological polar surface area (TPSA) is 65.0 Å². The molecule has 3 rings (SSSR count). The standard InChI is InChI=1S/C20H24ClN3O3/c1-14(20(26)22-16-13-15(21)7-8-19(16)27-2)23-9-11-24(12-10-23)17-5-3-4-6-18(17)25/h3-8,13-14,25H,9-12H2,1-2H3,(H,22,26)/t14-/m1/s1. The molecule has 6 nitrogen and oxygen atoms in total. The van der Waals surface area contributed by atoms with E-state index in [9.17, 15) is 9.90 Å². The van der Waals surface area contributed by atoms with E-state index in [-0.39, 0.29) is 17.7 Å². The second-order valence-corrected chi connectivity index (χ2v) is 6.96. The smallest absolute Gasteiger partial charge is 0.241 e. The van der Waals surface area contributed by atoms with Crippen LogP contribution >= 0.6 is 11.6 Å². The highest BCUT2D eigenvalue weighted by Gasteiger charge is 2.27. The van der Waals surface area contributed by atoms with Gasteiger partial charge < -0.3 is 20.1 Å². The molecule has 0 radical (unpaired) electrons. The van der Waals surface area contributed by atoms with Gasteiger partial charge in [-0.05, 0) is 37.3 Å². The second-order valence-electron chi connectivity index (χ2n) is 6.52.